The van der Waals surface area contributed by atoms with E-state index in [9.17, 15) is 4.79 Å². The summed E-state index contributed by atoms with van der Waals surface area (Å²) in [6.07, 6.45) is 1.69. The number of fused-ring (bicyclic) bond motifs is 1. The van der Waals surface area contributed by atoms with Crippen LogP contribution in [0.25, 0.3) is 0 Å². The van der Waals surface area contributed by atoms with E-state index in [1.807, 2.05) is 13.0 Å². The smallest absolute Gasteiger partial charge is 0.168 e. The van der Waals surface area contributed by atoms with Crippen LogP contribution in [-0.4, -0.2) is 27.7 Å². The van der Waals surface area contributed by atoms with Gasteiger partial charge in [0.1, 0.15) is 11.5 Å². The maximum atomic E-state index is 11.1. The molecule has 0 saturated heterocycles. The Bertz CT molecular complexity index is 625. The van der Waals surface area contributed by atoms with E-state index >= 15 is 0 Å². The van der Waals surface area contributed by atoms with Crippen molar-refractivity contribution in [1.29, 1.82) is 0 Å². The standard InChI is InChI=1S/C16H17N3O/c1-12-17-15-10-19(9-13-5-3-2-4-6-13)8-7-14(15)16(11-20)18-12/h2-6,11H,7-10H2,1H3. The third-order valence-corrected chi connectivity index (χ3v) is 3.65. The molecule has 0 unspecified atom stereocenters. The number of carbonyl (C=O) groups excluding carboxylic acids is 1. The van der Waals surface area contributed by atoms with Crippen LogP contribution < -0.4 is 0 Å². The van der Waals surface area contributed by atoms with Crippen molar-refractivity contribution in [3.8, 4) is 0 Å². The van der Waals surface area contributed by atoms with Crippen molar-refractivity contribution in [1.82, 2.24) is 14.9 Å². The molecule has 1 aromatic carbocycles. The molecule has 2 heterocycles. The lowest BCUT2D eigenvalue weighted by molar-refractivity contribution is 0.111. The first-order chi connectivity index (χ1) is 9.76. The highest BCUT2D eigenvalue weighted by molar-refractivity contribution is 5.74. The maximum Gasteiger partial charge on any atom is 0.168 e. The molecule has 1 aliphatic heterocycles. The van der Waals surface area contributed by atoms with Crippen LogP contribution >= 0.6 is 0 Å². The van der Waals surface area contributed by atoms with Gasteiger partial charge in [0.2, 0.25) is 0 Å². The lowest BCUT2D eigenvalue weighted by Crippen LogP contribution is -2.32. The van der Waals surface area contributed by atoms with Crippen LogP contribution in [0.1, 0.15) is 33.1 Å². The number of hydrogen-bond acceptors (Lipinski definition) is 4. The van der Waals surface area contributed by atoms with Crippen molar-refractivity contribution >= 4 is 6.29 Å². The van der Waals surface area contributed by atoms with Crippen molar-refractivity contribution in [3.63, 3.8) is 0 Å². The van der Waals surface area contributed by atoms with E-state index in [0.29, 0.717) is 11.5 Å². The molecule has 3 rings (SSSR count). The average Bonchev–Trinajstić information content (AvgIpc) is 2.47. The highest BCUT2D eigenvalue weighted by atomic mass is 16.1. The van der Waals surface area contributed by atoms with Gasteiger partial charge in [-0.25, -0.2) is 9.97 Å². The zero-order valence-electron chi connectivity index (χ0n) is 11.5. The van der Waals surface area contributed by atoms with E-state index in [-0.39, 0.29) is 0 Å². The molecule has 20 heavy (non-hydrogen) atoms. The summed E-state index contributed by atoms with van der Waals surface area (Å²) in [5, 5.41) is 0. The Morgan fingerprint density at radius 1 is 1.25 bits per heavy atom. The Hall–Kier alpha value is -2.07. The molecule has 1 aromatic heterocycles. The molecule has 4 nitrogen and oxygen atoms in total. The number of aromatic nitrogens is 2. The lowest BCUT2D eigenvalue weighted by atomic mass is 10.0. The molecular formula is C16H17N3O. The van der Waals surface area contributed by atoms with Crippen LogP contribution in [0.4, 0.5) is 0 Å². The van der Waals surface area contributed by atoms with Gasteiger partial charge < -0.3 is 0 Å². The molecule has 2 aromatic rings. The van der Waals surface area contributed by atoms with E-state index in [2.05, 4.69) is 39.1 Å². The maximum absolute atomic E-state index is 11.1. The van der Waals surface area contributed by atoms with Crippen LogP contribution in [0.2, 0.25) is 0 Å². The summed E-state index contributed by atoms with van der Waals surface area (Å²) in [4.78, 5) is 22.2. The predicted octanol–water partition coefficient (Wildman–Crippen LogP) is 2.16. The molecule has 0 aliphatic carbocycles. The van der Waals surface area contributed by atoms with Gasteiger partial charge in [-0.3, -0.25) is 9.69 Å². The third-order valence-electron chi connectivity index (χ3n) is 3.65. The van der Waals surface area contributed by atoms with Gasteiger partial charge in [0.05, 0.1) is 5.69 Å². The molecule has 0 N–H and O–H groups in total. The normalized spacial score (nSPS) is 14.8. The molecule has 0 spiro atoms. The summed E-state index contributed by atoms with van der Waals surface area (Å²) in [7, 11) is 0. The molecular weight excluding hydrogens is 250 g/mol. The summed E-state index contributed by atoms with van der Waals surface area (Å²) in [6, 6.07) is 10.4. The quantitative estimate of drug-likeness (QED) is 0.799. The topological polar surface area (TPSA) is 46.1 Å². The zero-order valence-corrected chi connectivity index (χ0v) is 11.5. The monoisotopic (exact) mass is 267 g/mol. The van der Waals surface area contributed by atoms with Crippen molar-refractivity contribution in [2.24, 2.45) is 0 Å². The predicted molar refractivity (Wildman–Crippen MR) is 76.4 cm³/mol. The first-order valence-corrected chi connectivity index (χ1v) is 6.84. The van der Waals surface area contributed by atoms with Crippen LogP contribution in [0.3, 0.4) is 0 Å². The first-order valence-electron chi connectivity index (χ1n) is 6.84. The minimum Gasteiger partial charge on any atom is -0.296 e. The van der Waals surface area contributed by atoms with Gasteiger partial charge >= 0.3 is 0 Å². The highest BCUT2D eigenvalue weighted by Crippen LogP contribution is 2.20. The molecule has 0 atom stereocenters. The van der Waals surface area contributed by atoms with E-state index in [1.165, 1.54) is 5.56 Å². The molecule has 1 aliphatic rings. The first kappa shape index (κ1) is 12.9. The molecule has 4 heteroatoms. The Balaban J connectivity index is 1.82. The second-order valence-electron chi connectivity index (χ2n) is 5.15. The van der Waals surface area contributed by atoms with Crippen molar-refractivity contribution in [3.05, 3.63) is 58.7 Å². The third kappa shape index (κ3) is 2.60. The number of rotatable bonds is 3. The fourth-order valence-corrected chi connectivity index (χ4v) is 2.72. The van der Waals surface area contributed by atoms with Gasteiger partial charge in [-0.1, -0.05) is 30.3 Å². The van der Waals surface area contributed by atoms with E-state index in [0.717, 1.165) is 43.6 Å². The number of nitrogens with zero attached hydrogens (tertiary/aromatic N) is 3. The molecule has 0 fully saturated rings. The van der Waals surface area contributed by atoms with Crippen LogP contribution in [0, 0.1) is 6.92 Å². The summed E-state index contributed by atoms with van der Waals surface area (Å²) >= 11 is 0. The van der Waals surface area contributed by atoms with Crippen molar-refractivity contribution in [2.45, 2.75) is 26.4 Å². The molecule has 0 amide bonds. The van der Waals surface area contributed by atoms with Gasteiger partial charge in [0.15, 0.2) is 6.29 Å². The number of hydrogen-bond donors (Lipinski definition) is 0. The van der Waals surface area contributed by atoms with Crippen LogP contribution in [0.5, 0.6) is 0 Å². The number of carbonyl (C=O) groups is 1. The molecule has 0 bridgehead atoms. The lowest BCUT2D eigenvalue weighted by Gasteiger charge is -2.28. The summed E-state index contributed by atoms with van der Waals surface area (Å²) in [6.45, 7) is 4.48. The van der Waals surface area contributed by atoms with Crippen molar-refractivity contribution < 1.29 is 4.79 Å². The molecule has 0 saturated carbocycles. The minimum absolute atomic E-state index is 0.562. The fourth-order valence-electron chi connectivity index (χ4n) is 2.72. The number of aldehydes is 1. The largest absolute Gasteiger partial charge is 0.296 e. The second-order valence-corrected chi connectivity index (χ2v) is 5.15. The average molecular weight is 267 g/mol. The van der Waals surface area contributed by atoms with Gasteiger partial charge in [0.25, 0.3) is 0 Å². The summed E-state index contributed by atoms with van der Waals surface area (Å²) < 4.78 is 0. The Morgan fingerprint density at radius 2 is 2.05 bits per heavy atom. The van der Waals surface area contributed by atoms with E-state index in [1.54, 1.807) is 0 Å². The highest BCUT2D eigenvalue weighted by Gasteiger charge is 2.21. The van der Waals surface area contributed by atoms with Gasteiger partial charge in [-0.2, -0.15) is 0 Å². The van der Waals surface area contributed by atoms with Gasteiger partial charge in [0, 0.05) is 25.2 Å². The van der Waals surface area contributed by atoms with Crippen molar-refractivity contribution in [2.75, 3.05) is 6.54 Å². The Labute approximate surface area is 118 Å². The van der Waals surface area contributed by atoms with E-state index < -0.39 is 0 Å². The second kappa shape index (κ2) is 5.51. The zero-order chi connectivity index (χ0) is 13.9. The Kier molecular flexibility index (Phi) is 3.56. The summed E-state index contributed by atoms with van der Waals surface area (Å²) in [5.74, 6) is 0.674. The minimum atomic E-state index is 0.562. The van der Waals surface area contributed by atoms with Crippen LogP contribution in [-0.2, 0) is 19.5 Å². The van der Waals surface area contributed by atoms with Crippen LogP contribution in [0.15, 0.2) is 30.3 Å². The van der Waals surface area contributed by atoms with Gasteiger partial charge in [-0.15, -0.1) is 0 Å². The fraction of sp³-hybridized carbons (Fsp3) is 0.312. The SMILES string of the molecule is Cc1nc(C=O)c2c(n1)CN(Cc1ccccc1)CC2. The number of benzene rings is 1. The van der Waals surface area contributed by atoms with Gasteiger partial charge in [-0.05, 0) is 18.9 Å². The summed E-state index contributed by atoms with van der Waals surface area (Å²) in [5.41, 5.74) is 3.89. The van der Waals surface area contributed by atoms with E-state index in [4.69, 9.17) is 0 Å². The molecule has 102 valence electrons. The number of aryl methyl sites for hydroxylation is 1. The Morgan fingerprint density at radius 3 is 2.80 bits per heavy atom. The molecule has 0 radical (unpaired) electrons.